The summed E-state index contributed by atoms with van der Waals surface area (Å²) < 4.78 is 0. The number of aryl methyl sites for hydroxylation is 2. The van der Waals surface area contributed by atoms with Gasteiger partial charge in [-0.05, 0) is 38.0 Å². The van der Waals surface area contributed by atoms with Gasteiger partial charge in [0.2, 0.25) is 0 Å². The average molecular weight is 262 g/mol. The van der Waals surface area contributed by atoms with Gasteiger partial charge in [0.25, 0.3) is 0 Å². The van der Waals surface area contributed by atoms with Gasteiger partial charge in [-0.25, -0.2) is 0 Å². The third-order valence-corrected chi connectivity index (χ3v) is 3.58. The maximum absolute atomic E-state index is 10.9. The van der Waals surface area contributed by atoms with Gasteiger partial charge in [-0.15, -0.1) is 0 Å². The van der Waals surface area contributed by atoms with Gasteiger partial charge in [-0.2, -0.15) is 0 Å². The van der Waals surface area contributed by atoms with Crippen molar-refractivity contribution in [3.63, 3.8) is 0 Å². The number of aliphatic carboxylic acids is 1. The molecule has 104 valence electrons. The standard InChI is InChI=1S/C15H22N2O2/c1-10-4-5-11(2)14(6-10)17-8-12(3)16-13(9-17)7-15(18)19/h4-6,12-13,16H,7-9H2,1-3H3,(H,18,19). The molecule has 2 N–H and O–H groups in total. The maximum atomic E-state index is 10.9. The Morgan fingerprint density at radius 1 is 1.42 bits per heavy atom. The van der Waals surface area contributed by atoms with Crippen molar-refractivity contribution in [2.24, 2.45) is 0 Å². The van der Waals surface area contributed by atoms with E-state index >= 15 is 0 Å². The molecule has 2 atom stereocenters. The quantitative estimate of drug-likeness (QED) is 0.874. The van der Waals surface area contributed by atoms with E-state index in [1.165, 1.54) is 16.8 Å². The zero-order chi connectivity index (χ0) is 14.0. The molecule has 1 aliphatic heterocycles. The number of carboxylic acid groups (broad SMARTS) is 1. The van der Waals surface area contributed by atoms with Crippen LogP contribution in [0.1, 0.15) is 24.5 Å². The van der Waals surface area contributed by atoms with Crippen LogP contribution in [-0.2, 0) is 4.79 Å². The molecule has 0 amide bonds. The Labute approximate surface area is 114 Å². The molecule has 0 radical (unpaired) electrons. The highest BCUT2D eigenvalue weighted by Crippen LogP contribution is 2.24. The van der Waals surface area contributed by atoms with Crippen LogP contribution in [0, 0.1) is 13.8 Å². The predicted molar refractivity (Wildman–Crippen MR) is 76.8 cm³/mol. The summed E-state index contributed by atoms with van der Waals surface area (Å²) in [6.07, 6.45) is 0.172. The molecule has 1 aromatic carbocycles. The van der Waals surface area contributed by atoms with Gasteiger partial charge in [0.15, 0.2) is 0 Å². The Balaban J connectivity index is 2.18. The van der Waals surface area contributed by atoms with Crippen molar-refractivity contribution >= 4 is 11.7 Å². The molecule has 1 saturated heterocycles. The zero-order valence-corrected chi connectivity index (χ0v) is 11.8. The maximum Gasteiger partial charge on any atom is 0.304 e. The van der Waals surface area contributed by atoms with Crippen molar-refractivity contribution in [3.8, 4) is 0 Å². The van der Waals surface area contributed by atoms with Gasteiger partial charge in [0.05, 0.1) is 6.42 Å². The molecule has 0 saturated carbocycles. The largest absolute Gasteiger partial charge is 0.481 e. The van der Waals surface area contributed by atoms with Crippen LogP contribution < -0.4 is 10.2 Å². The first-order valence-electron chi connectivity index (χ1n) is 6.75. The number of hydrogen-bond donors (Lipinski definition) is 2. The summed E-state index contributed by atoms with van der Waals surface area (Å²) in [7, 11) is 0. The van der Waals surface area contributed by atoms with Crippen molar-refractivity contribution < 1.29 is 9.90 Å². The number of piperazine rings is 1. The molecule has 4 nitrogen and oxygen atoms in total. The Morgan fingerprint density at radius 2 is 2.16 bits per heavy atom. The van der Waals surface area contributed by atoms with E-state index in [0.717, 1.165) is 13.1 Å². The van der Waals surface area contributed by atoms with Gasteiger partial charge in [0, 0.05) is 30.9 Å². The number of rotatable bonds is 3. The average Bonchev–Trinajstić information content (AvgIpc) is 2.30. The van der Waals surface area contributed by atoms with E-state index in [1.54, 1.807) is 0 Å². The number of benzene rings is 1. The van der Waals surface area contributed by atoms with E-state index in [1.807, 2.05) is 0 Å². The topological polar surface area (TPSA) is 52.6 Å². The smallest absolute Gasteiger partial charge is 0.304 e. The highest BCUT2D eigenvalue weighted by Gasteiger charge is 2.26. The van der Waals surface area contributed by atoms with Crippen LogP contribution in [0.15, 0.2) is 18.2 Å². The molecule has 4 heteroatoms. The fourth-order valence-corrected chi connectivity index (χ4v) is 2.77. The van der Waals surface area contributed by atoms with Crippen molar-refractivity contribution in [1.29, 1.82) is 0 Å². The summed E-state index contributed by atoms with van der Waals surface area (Å²) in [6, 6.07) is 6.74. The minimum atomic E-state index is -0.743. The lowest BCUT2D eigenvalue weighted by atomic mass is 10.0. The molecular weight excluding hydrogens is 240 g/mol. The van der Waals surface area contributed by atoms with E-state index in [9.17, 15) is 4.79 Å². The first-order chi connectivity index (χ1) is 8.95. The van der Waals surface area contributed by atoms with E-state index in [-0.39, 0.29) is 12.5 Å². The molecule has 19 heavy (non-hydrogen) atoms. The number of anilines is 1. The summed E-state index contributed by atoms with van der Waals surface area (Å²) in [5.41, 5.74) is 3.71. The minimum absolute atomic E-state index is 0.0150. The monoisotopic (exact) mass is 262 g/mol. The number of carboxylic acids is 1. The van der Waals surface area contributed by atoms with E-state index < -0.39 is 5.97 Å². The van der Waals surface area contributed by atoms with Crippen LogP contribution >= 0.6 is 0 Å². The Hall–Kier alpha value is -1.55. The Morgan fingerprint density at radius 3 is 2.84 bits per heavy atom. The highest BCUT2D eigenvalue weighted by atomic mass is 16.4. The summed E-state index contributed by atoms with van der Waals surface area (Å²) in [5, 5.41) is 12.3. The lowest BCUT2D eigenvalue weighted by molar-refractivity contribution is -0.137. The summed E-state index contributed by atoms with van der Waals surface area (Å²) in [5.74, 6) is -0.743. The van der Waals surface area contributed by atoms with E-state index in [2.05, 4.69) is 49.2 Å². The van der Waals surface area contributed by atoms with E-state index in [0.29, 0.717) is 6.04 Å². The normalized spacial score (nSPS) is 23.4. The van der Waals surface area contributed by atoms with Crippen LogP contribution in [-0.4, -0.2) is 36.2 Å². The number of carbonyl (C=O) groups is 1. The molecule has 1 heterocycles. The van der Waals surface area contributed by atoms with Crippen molar-refractivity contribution in [1.82, 2.24) is 5.32 Å². The van der Waals surface area contributed by atoms with Crippen LogP contribution in [0.5, 0.6) is 0 Å². The SMILES string of the molecule is Cc1ccc(C)c(N2CC(C)NC(CC(=O)O)C2)c1. The number of hydrogen-bond acceptors (Lipinski definition) is 3. The second-order valence-corrected chi connectivity index (χ2v) is 5.56. The second-order valence-electron chi connectivity index (χ2n) is 5.56. The number of nitrogens with zero attached hydrogens (tertiary/aromatic N) is 1. The van der Waals surface area contributed by atoms with Crippen LogP contribution in [0.25, 0.3) is 0 Å². The summed E-state index contributed by atoms with van der Waals surface area (Å²) >= 11 is 0. The summed E-state index contributed by atoms with van der Waals surface area (Å²) in [4.78, 5) is 13.2. The molecule has 1 aliphatic rings. The fraction of sp³-hybridized carbons (Fsp3) is 0.533. The van der Waals surface area contributed by atoms with Crippen molar-refractivity contribution in [3.05, 3.63) is 29.3 Å². The molecule has 1 aromatic rings. The van der Waals surface area contributed by atoms with Gasteiger partial charge in [-0.3, -0.25) is 4.79 Å². The first kappa shape index (κ1) is 13.9. The fourth-order valence-electron chi connectivity index (χ4n) is 2.77. The highest BCUT2D eigenvalue weighted by molar-refractivity contribution is 5.68. The molecule has 2 rings (SSSR count). The molecule has 2 unspecified atom stereocenters. The molecule has 0 aromatic heterocycles. The molecule has 0 spiro atoms. The third-order valence-electron chi connectivity index (χ3n) is 3.58. The first-order valence-corrected chi connectivity index (χ1v) is 6.75. The van der Waals surface area contributed by atoms with Crippen LogP contribution in [0.2, 0.25) is 0 Å². The van der Waals surface area contributed by atoms with Crippen LogP contribution in [0.3, 0.4) is 0 Å². The van der Waals surface area contributed by atoms with Crippen LogP contribution in [0.4, 0.5) is 5.69 Å². The lowest BCUT2D eigenvalue weighted by Gasteiger charge is -2.39. The third kappa shape index (κ3) is 3.47. The predicted octanol–water partition coefficient (Wildman–Crippen LogP) is 1.94. The molecule has 1 fully saturated rings. The number of nitrogens with one attached hydrogen (secondary N) is 1. The Bertz CT molecular complexity index is 473. The zero-order valence-electron chi connectivity index (χ0n) is 11.8. The summed E-state index contributed by atoms with van der Waals surface area (Å²) in [6.45, 7) is 7.96. The Kier molecular flexibility index (Phi) is 4.10. The van der Waals surface area contributed by atoms with Gasteiger partial charge in [0.1, 0.15) is 0 Å². The second kappa shape index (κ2) is 5.61. The molecular formula is C15H22N2O2. The minimum Gasteiger partial charge on any atom is -0.481 e. The lowest BCUT2D eigenvalue weighted by Crippen LogP contribution is -2.56. The molecule has 0 bridgehead atoms. The van der Waals surface area contributed by atoms with Gasteiger partial charge >= 0.3 is 5.97 Å². The van der Waals surface area contributed by atoms with Gasteiger partial charge in [-0.1, -0.05) is 12.1 Å². The van der Waals surface area contributed by atoms with E-state index in [4.69, 9.17) is 5.11 Å². The van der Waals surface area contributed by atoms with Gasteiger partial charge < -0.3 is 15.3 Å². The van der Waals surface area contributed by atoms with Crippen molar-refractivity contribution in [2.75, 3.05) is 18.0 Å². The van der Waals surface area contributed by atoms with Crippen molar-refractivity contribution in [2.45, 2.75) is 39.3 Å². The molecule has 0 aliphatic carbocycles.